The molecule has 0 unspecified atom stereocenters. The van der Waals surface area contributed by atoms with Gasteiger partial charge in [0.05, 0.1) is 7.11 Å². The van der Waals surface area contributed by atoms with Crippen molar-refractivity contribution in [2.24, 2.45) is 0 Å². The number of carbonyl (C=O) groups excluding carboxylic acids is 1. The van der Waals surface area contributed by atoms with Crippen LogP contribution in [0.5, 0.6) is 5.75 Å². The zero-order valence-corrected chi connectivity index (χ0v) is 15.9. The molecule has 0 atom stereocenters. The molecule has 1 fully saturated rings. The lowest BCUT2D eigenvalue weighted by molar-refractivity contribution is -0.134. The zero-order valence-electron chi connectivity index (χ0n) is 14.2. The molecule has 0 aromatic heterocycles. The Kier molecular flexibility index (Phi) is 7.07. The van der Waals surface area contributed by atoms with Crippen LogP contribution in [0.15, 0.2) is 24.3 Å². The number of methoxy groups -OCH3 is 1. The summed E-state index contributed by atoms with van der Waals surface area (Å²) >= 11 is 0. The average molecular weight is 377 g/mol. The third-order valence-electron chi connectivity index (χ3n) is 4.41. The van der Waals surface area contributed by atoms with E-state index in [9.17, 15) is 13.2 Å². The summed E-state index contributed by atoms with van der Waals surface area (Å²) in [7, 11) is -0.258. The van der Waals surface area contributed by atoms with Crippen LogP contribution in [0.4, 0.5) is 0 Å². The number of nitrogens with one attached hydrogen (secondary N) is 1. The predicted octanol–water partition coefficient (Wildman–Crippen LogP) is 1.24. The molecule has 1 heterocycles. The molecule has 0 spiro atoms. The third-order valence-corrected chi connectivity index (χ3v) is 6.41. The molecule has 1 aliphatic heterocycles. The minimum absolute atomic E-state index is 0. The Balaban J connectivity index is 0.00000288. The second-order valence-corrected chi connectivity index (χ2v) is 8.36. The first-order valence-corrected chi connectivity index (χ1v) is 9.48. The SMILES string of the molecule is COc1cccc(CN(C)C(=O)C2(S(C)(=O)=O)CCNCC2)c1.Cl. The Hall–Kier alpha value is -1.31. The third kappa shape index (κ3) is 4.20. The minimum atomic E-state index is -3.49. The Morgan fingerprint density at radius 3 is 2.50 bits per heavy atom. The van der Waals surface area contributed by atoms with Gasteiger partial charge in [-0.3, -0.25) is 4.79 Å². The number of piperidine rings is 1. The molecule has 1 saturated heterocycles. The highest BCUT2D eigenvalue weighted by Gasteiger charge is 2.49. The highest BCUT2D eigenvalue weighted by atomic mass is 35.5. The Morgan fingerprint density at radius 1 is 1.33 bits per heavy atom. The standard InChI is InChI=1S/C16H24N2O4S.ClH/c1-18(12-13-5-4-6-14(11-13)22-2)15(19)16(23(3,20)21)7-9-17-10-8-16;/h4-6,11,17H,7-10,12H2,1-3H3;1H. The summed E-state index contributed by atoms with van der Waals surface area (Å²) in [6, 6.07) is 7.42. The van der Waals surface area contributed by atoms with E-state index in [2.05, 4.69) is 5.32 Å². The van der Waals surface area contributed by atoms with E-state index in [0.29, 0.717) is 38.2 Å². The Morgan fingerprint density at radius 2 is 1.96 bits per heavy atom. The maximum absolute atomic E-state index is 12.9. The lowest BCUT2D eigenvalue weighted by atomic mass is 9.95. The van der Waals surface area contributed by atoms with Crippen molar-refractivity contribution in [3.63, 3.8) is 0 Å². The smallest absolute Gasteiger partial charge is 0.244 e. The highest BCUT2D eigenvalue weighted by Crippen LogP contribution is 2.30. The van der Waals surface area contributed by atoms with Gasteiger partial charge in [0.1, 0.15) is 5.75 Å². The van der Waals surface area contributed by atoms with Gasteiger partial charge in [-0.2, -0.15) is 0 Å². The van der Waals surface area contributed by atoms with Crippen molar-refractivity contribution in [1.29, 1.82) is 0 Å². The van der Waals surface area contributed by atoms with Crippen LogP contribution in [-0.2, 0) is 21.2 Å². The van der Waals surface area contributed by atoms with Crippen LogP contribution in [0.1, 0.15) is 18.4 Å². The van der Waals surface area contributed by atoms with E-state index in [-0.39, 0.29) is 18.3 Å². The molecular formula is C16H25ClN2O4S. The summed E-state index contributed by atoms with van der Waals surface area (Å²) in [6.45, 7) is 1.42. The van der Waals surface area contributed by atoms with Gasteiger partial charge in [-0.05, 0) is 43.6 Å². The number of carbonyl (C=O) groups is 1. The predicted molar refractivity (Wildman–Crippen MR) is 96.4 cm³/mol. The van der Waals surface area contributed by atoms with Crippen molar-refractivity contribution >= 4 is 28.2 Å². The molecule has 1 aliphatic rings. The number of rotatable bonds is 5. The van der Waals surface area contributed by atoms with Crippen LogP contribution >= 0.6 is 12.4 Å². The summed E-state index contributed by atoms with van der Waals surface area (Å²) in [5.41, 5.74) is 0.901. The summed E-state index contributed by atoms with van der Waals surface area (Å²) in [4.78, 5) is 14.4. The molecular weight excluding hydrogens is 352 g/mol. The van der Waals surface area contributed by atoms with Crippen molar-refractivity contribution in [2.75, 3.05) is 33.5 Å². The van der Waals surface area contributed by atoms with Gasteiger partial charge in [-0.15, -0.1) is 12.4 Å². The van der Waals surface area contributed by atoms with Gasteiger partial charge < -0.3 is 15.0 Å². The van der Waals surface area contributed by atoms with Crippen molar-refractivity contribution in [1.82, 2.24) is 10.2 Å². The lowest BCUT2D eigenvalue weighted by Gasteiger charge is -2.37. The van der Waals surface area contributed by atoms with E-state index in [4.69, 9.17) is 4.74 Å². The van der Waals surface area contributed by atoms with Crippen molar-refractivity contribution < 1.29 is 17.9 Å². The Labute approximate surface area is 149 Å². The quantitative estimate of drug-likeness (QED) is 0.836. The monoisotopic (exact) mass is 376 g/mol. The van der Waals surface area contributed by atoms with Gasteiger partial charge in [0.25, 0.3) is 0 Å². The number of benzene rings is 1. The summed E-state index contributed by atoms with van der Waals surface area (Å²) in [6.07, 6.45) is 1.79. The van der Waals surface area contributed by atoms with Gasteiger partial charge in [0.15, 0.2) is 14.6 Å². The average Bonchev–Trinajstić information content (AvgIpc) is 2.54. The molecule has 1 N–H and O–H groups in total. The fourth-order valence-electron chi connectivity index (χ4n) is 3.04. The van der Waals surface area contributed by atoms with Gasteiger partial charge in [0, 0.05) is 19.8 Å². The Bertz CT molecular complexity index is 672. The highest BCUT2D eigenvalue weighted by molar-refractivity contribution is 7.92. The summed E-state index contributed by atoms with van der Waals surface area (Å²) < 4.78 is 28.5. The van der Waals surface area contributed by atoms with E-state index in [1.54, 1.807) is 14.2 Å². The molecule has 136 valence electrons. The van der Waals surface area contributed by atoms with E-state index < -0.39 is 14.6 Å². The zero-order chi connectivity index (χ0) is 17.1. The fourth-order valence-corrected chi connectivity index (χ4v) is 4.46. The van der Waals surface area contributed by atoms with Gasteiger partial charge in [-0.1, -0.05) is 12.1 Å². The van der Waals surface area contributed by atoms with Crippen LogP contribution < -0.4 is 10.1 Å². The normalized spacial score (nSPS) is 16.8. The second-order valence-electron chi connectivity index (χ2n) is 6.03. The number of sulfone groups is 1. The molecule has 8 heteroatoms. The van der Waals surface area contributed by atoms with E-state index in [1.807, 2.05) is 24.3 Å². The largest absolute Gasteiger partial charge is 0.497 e. The number of ether oxygens (including phenoxy) is 1. The first-order valence-electron chi connectivity index (χ1n) is 7.59. The molecule has 1 aromatic rings. The van der Waals surface area contributed by atoms with Crippen LogP contribution in [-0.4, -0.2) is 57.5 Å². The number of hydrogen-bond donors (Lipinski definition) is 1. The van der Waals surface area contributed by atoms with Crippen molar-refractivity contribution in [3.8, 4) is 5.75 Å². The molecule has 1 aromatic carbocycles. The molecule has 0 radical (unpaired) electrons. The van der Waals surface area contributed by atoms with Crippen LogP contribution in [0.2, 0.25) is 0 Å². The van der Waals surface area contributed by atoms with E-state index in [0.717, 1.165) is 11.8 Å². The molecule has 0 bridgehead atoms. The molecule has 2 rings (SSSR count). The van der Waals surface area contributed by atoms with Gasteiger partial charge in [0.2, 0.25) is 5.91 Å². The minimum Gasteiger partial charge on any atom is -0.497 e. The topological polar surface area (TPSA) is 75.7 Å². The van der Waals surface area contributed by atoms with Crippen LogP contribution in [0.3, 0.4) is 0 Å². The first-order chi connectivity index (χ1) is 10.8. The fraction of sp³-hybridized carbons (Fsp3) is 0.562. The van der Waals surface area contributed by atoms with Gasteiger partial charge in [-0.25, -0.2) is 8.42 Å². The van der Waals surface area contributed by atoms with Crippen LogP contribution in [0, 0.1) is 0 Å². The van der Waals surface area contributed by atoms with E-state index in [1.165, 1.54) is 4.90 Å². The molecule has 0 saturated carbocycles. The van der Waals surface area contributed by atoms with Crippen molar-refractivity contribution in [3.05, 3.63) is 29.8 Å². The molecule has 1 amide bonds. The van der Waals surface area contributed by atoms with E-state index >= 15 is 0 Å². The molecule has 24 heavy (non-hydrogen) atoms. The summed E-state index contributed by atoms with van der Waals surface area (Å²) in [5, 5.41) is 3.12. The maximum atomic E-state index is 12.9. The molecule has 6 nitrogen and oxygen atoms in total. The van der Waals surface area contributed by atoms with Crippen LogP contribution in [0.25, 0.3) is 0 Å². The lowest BCUT2D eigenvalue weighted by Crippen LogP contribution is -2.57. The number of nitrogens with zero attached hydrogens (tertiary/aromatic N) is 1. The number of halogens is 1. The number of amides is 1. The first kappa shape index (κ1) is 20.7. The van der Waals surface area contributed by atoms with Crippen molar-refractivity contribution in [2.45, 2.75) is 24.1 Å². The molecule has 0 aliphatic carbocycles. The summed E-state index contributed by atoms with van der Waals surface area (Å²) in [5.74, 6) is 0.382. The maximum Gasteiger partial charge on any atom is 0.244 e. The second kappa shape index (κ2) is 8.18. The number of hydrogen-bond acceptors (Lipinski definition) is 5. The van der Waals surface area contributed by atoms with Gasteiger partial charge >= 0.3 is 0 Å².